The summed E-state index contributed by atoms with van der Waals surface area (Å²) in [7, 11) is 0. The quantitative estimate of drug-likeness (QED) is 0.639. The van der Waals surface area contributed by atoms with Crippen LogP contribution in [0.3, 0.4) is 0 Å². The number of halogens is 1. The van der Waals surface area contributed by atoms with E-state index in [9.17, 15) is 0 Å². The van der Waals surface area contributed by atoms with Crippen molar-refractivity contribution in [3.63, 3.8) is 0 Å². The molecular weight excluding hydrogens is 356 g/mol. The molecular formula is C16H17BrN6. The molecule has 1 aliphatic carbocycles. The van der Waals surface area contributed by atoms with Crippen molar-refractivity contribution >= 4 is 44.5 Å². The molecule has 6 nitrogen and oxygen atoms in total. The van der Waals surface area contributed by atoms with Crippen LogP contribution in [-0.2, 0) is 0 Å². The number of anilines is 3. The van der Waals surface area contributed by atoms with Crippen LogP contribution in [0.5, 0.6) is 0 Å². The summed E-state index contributed by atoms with van der Waals surface area (Å²) in [4.78, 5) is 16.6. The molecule has 3 N–H and O–H groups in total. The maximum Gasteiger partial charge on any atom is 0.230 e. The molecule has 118 valence electrons. The van der Waals surface area contributed by atoms with Gasteiger partial charge in [-0.05, 0) is 47.0 Å². The minimum atomic E-state index is 0.503. The highest BCUT2D eigenvalue weighted by Gasteiger charge is 2.17. The van der Waals surface area contributed by atoms with Gasteiger partial charge in [-0.15, -0.1) is 0 Å². The topological polar surface area (TPSA) is 78.5 Å². The molecule has 3 aromatic rings. The van der Waals surface area contributed by atoms with E-state index in [1.54, 1.807) is 6.20 Å². The zero-order chi connectivity index (χ0) is 15.6. The van der Waals surface area contributed by atoms with Crippen LogP contribution in [0, 0.1) is 0 Å². The van der Waals surface area contributed by atoms with Gasteiger partial charge in [0.1, 0.15) is 11.6 Å². The van der Waals surface area contributed by atoms with Crippen molar-refractivity contribution in [1.29, 1.82) is 0 Å². The Morgan fingerprint density at radius 2 is 2.00 bits per heavy atom. The molecule has 0 unspecified atom stereocenters. The van der Waals surface area contributed by atoms with Crippen LogP contribution in [-0.4, -0.2) is 26.0 Å². The molecule has 0 atom stereocenters. The maximum atomic E-state index is 4.57. The Kier molecular flexibility index (Phi) is 3.87. The largest absolute Gasteiger partial charge is 0.366 e. The van der Waals surface area contributed by atoms with Crippen LogP contribution in [0.2, 0.25) is 0 Å². The molecule has 0 spiro atoms. The molecule has 4 rings (SSSR count). The molecule has 23 heavy (non-hydrogen) atoms. The number of nitrogens with zero attached hydrogens (tertiary/aromatic N) is 3. The smallest absolute Gasteiger partial charge is 0.230 e. The fraction of sp³-hybridized carbons (Fsp3) is 0.312. The van der Waals surface area contributed by atoms with Gasteiger partial charge in [-0.2, -0.15) is 4.98 Å². The normalized spacial score (nSPS) is 15.2. The maximum absolute atomic E-state index is 4.57. The van der Waals surface area contributed by atoms with Gasteiger partial charge in [-0.1, -0.05) is 12.8 Å². The third kappa shape index (κ3) is 3.14. The van der Waals surface area contributed by atoms with Gasteiger partial charge in [-0.25, -0.2) is 9.97 Å². The Hall–Kier alpha value is -2.15. The molecule has 0 bridgehead atoms. The third-order valence-electron chi connectivity index (χ3n) is 4.08. The monoisotopic (exact) mass is 372 g/mol. The van der Waals surface area contributed by atoms with Gasteiger partial charge in [0.25, 0.3) is 0 Å². The average molecular weight is 373 g/mol. The molecule has 0 radical (unpaired) electrons. The van der Waals surface area contributed by atoms with Gasteiger partial charge in [0.05, 0.1) is 15.5 Å². The van der Waals surface area contributed by atoms with Crippen molar-refractivity contribution < 1.29 is 0 Å². The molecule has 3 heterocycles. The summed E-state index contributed by atoms with van der Waals surface area (Å²) in [5, 5.41) is 6.67. The van der Waals surface area contributed by atoms with Crippen LogP contribution in [0.15, 0.2) is 35.1 Å². The zero-order valence-electron chi connectivity index (χ0n) is 12.5. The van der Waals surface area contributed by atoms with Crippen LogP contribution in [0.1, 0.15) is 25.7 Å². The number of hydrogen-bond donors (Lipinski definition) is 3. The lowest BCUT2D eigenvalue weighted by Crippen LogP contribution is -2.16. The molecule has 1 saturated carbocycles. The van der Waals surface area contributed by atoms with Crippen molar-refractivity contribution in [3.8, 4) is 0 Å². The summed E-state index contributed by atoms with van der Waals surface area (Å²) in [6.07, 6.45) is 8.61. The highest BCUT2D eigenvalue weighted by atomic mass is 79.9. The number of aromatic nitrogens is 4. The number of rotatable bonds is 4. The van der Waals surface area contributed by atoms with Gasteiger partial charge in [0.2, 0.25) is 5.95 Å². The lowest BCUT2D eigenvalue weighted by Gasteiger charge is -2.14. The summed E-state index contributed by atoms with van der Waals surface area (Å²) >= 11 is 3.52. The lowest BCUT2D eigenvalue weighted by atomic mass is 10.2. The number of pyridine rings is 1. The van der Waals surface area contributed by atoms with Gasteiger partial charge < -0.3 is 15.6 Å². The summed E-state index contributed by atoms with van der Waals surface area (Å²) in [6.45, 7) is 0. The second-order valence-electron chi connectivity index (χ2n) is 5.75. The highest BCUT2D eigenvalue weighted by molar-refractivity contribution is 9.10. The SMILES string of the molecule is Brc1cnc(Nc2ccc3[nH]ccc3n2)nc1NC1CCCC1. The fourth-order valence-electron chi connectivity index (χ4n) is 2.91. The molecule has 3 aromatic heterocycles. The highest BCUT2D eigenvalue weighted by Crippen LogP contribution is 2.27. The second-order valence-corrected chi connectivity index (χ2v) is 6.60. The lowest BCUT2D eigenvalue weighted by molar-refractivity contribution is 0.749. The Morgan fingerprint density at radius 3 is 2.87 bits per heavy atom. The summed E-state index contributed by atoms with van der Waals surface area (Å²) in [5.74, 6) is 2.10. The van der Waals surface area contributed by atoms with E-state index in [0.717, 1.165) is 27.1 Å². The summed E-state index contributed by atoms with van der Waals surface area (Å²) < 4.78 is 0.879. The van der Waals surface area contributed by atoms with Crippen molar-refractivity contribution in [1.82, 2.24) is 19.9 Å². The summed E-state index contributed by atoms with van der Waals surface area (Å²) in [6, 6.07) is 6.34. The van der Waals surface area contributed by atoms with Crippen molar-refractivity contribution in [2.24, 2.45) is 0 Å². The second kappa shape index (κ2) is 6.16. The predicted molar refractivity (Wildman–Crippen MR) is 95.0 cm³/mol. The first-order valence-electron chi connectivity index (χ1n) is 7.78. The van der Waals surface area contributed by atoms with Gasteiger partial charge >= 0.3 is 0 Å². The Bertz CT molecular complexity index is 824. The van der Waals surface area contributed by atoms with Crippen molar-refractivity contribution in [3.05, 3.63) is 35.1 Å². The number of H-pyrrole nitrogens is 1. The van der Waals surface area contributed by atoms with Crippen molar-refractivity contribution in [2.45, 2.75) is 31.7 Å². The van der Waals surface area contributed by atoms with E-state index >= 15 is 0 Å². The fourth-order valence-corrected chi connectivity index (χ4v) is 3.22. The van der Waals surface area contributed by atoms with Gasteiger partial charge in [0, 0.05) is 18.4 Å². The minimum Gasteiger partial charge on any atom is -0.366 e. The van der Waals surface area contributed by atoms with E-state index in [1.165, 1.54) is 25.7 Å². The number of hydrogen-bond acceptors (Lipinski definition) is 5. The summed E-state index contributed by atoms with van der Waals surface area (Å²) in [5.41, 5.74) is 1.92. The number of aromatic amines is 1. The van der Waals surface area contributed by atoms with E-state index in [-0.39, 0.29) is 0 Å². The zero-order valence-corrected chi connectivity index (χ0v) is 14.1. The molecule has 0 saturated heterocycles. The average Bonchev–Trinajstić information content (AvgIpc) is 3.21. The predicted octanol–water partition coefficient (Wildman–Crippen LogP) is 4.21. The van der Waals surface area contributed by atoms with E-state index in [1.807, 2.05) is 24.4 Å². The molecule has 0 aliphatic heterocycles. The first kappa shape index (κ1) is 14.4. The first-order valence-corrected chi connectivity index (χ1v) is 8.57. The van der Waals surface area contributed by atoms with Crippen LogP contribution in [0.25, 0.3) is 11.0 Å². The van der Waals surface area contributed by atoms with Gasteiger partial charge in [0.15, 0.2) is 0 Å². The third-order valence-corrected chi connectivity index (χ3v) is 4.67. The standard InChI is InChI=1S/C16H17BrN6/c17-11-9-19-16(23-15(11)20-10-3-1-2-4-10)22-14-6-5-12-13(21-14)7-8-18-12/h5-10,18H,1-4H2,(H2,19,20,21,22,23). The molecule has 0 aromatic carbocycles. The van der Waals surface area contributed by atoms with E-state index in [4.69, 9.17) is 0 Å². The number of nitrogens with one attached hydrogen (secondary N) is 3. The van der Waals surface area contributed by atoms with E-state index in [0.29, 0.717) is 12.0 Å². The number of fused-ring (bicyclic) bond motifs is 1. The minimum absolute atomic E-state index is 0.503. The molecule has 0 amide bonds. The van der Waals surface area contributed by atoms with Crippen LogP contribution < -0.4 is 10.6 Å². The van der Waals surface area contributed by atoms with E-state index in [2.05, 4.69) is 46.5 Å². The Labute approximate surface area is 142 Å². The first-order chi connectivity index (χ1) is 11.3. The Morgan fingerprint density at radius 1 is 1.13 bits per heavy atom. The van der Waals surface area contributed by atoms with E-state index < -0.39 is 0 Å². The van der Waals surface area contributed by atoms with Crippen LogP contribution in [0.4, 0.5) is 17.6 Å². The Balaban J connectivity index is 1.55. The molecule has 7 heteroatoms. The van der Waals surface area contributed by atoms with Gasteiger partial charge in [-0.3, -0.25) is 0 Å². The molecule has 1 fully saturated rings. The van der Waals surface area contributed by atoms with Crippen LogP contribution >= 0.6 is 15.9 Å². The van der Waals surface area contributed by atoms with Crippen molar-refractivity contribution in [2.75, 3.05) is 10.6 Å². The molecule has 1 aliphatic rings.